The summed E-state index contributed by atoms with van der Waals surface area (Å²) in [5.74, 6) is 0.580. The highest BCUT2D eigenvalue weighted by molar-refractivity contribution is 6.30. The van der Waals surface area contributed by atoms with Crippen LogP contribution in [0, 0.1) is 11.3 Å². The van der Waals surface area contributed by atoms with Crippen molar-refractivity contribution in [2.24, 2.45) is 10.2 Å². The first kappa shape index (κ1) is 16.0. The van der Waals surface area contributed by atoms with Crippen LogP contribution in [0.15, 0.2) is 83.2 Å². The van der Waals surface area contributed by atoms with Gasteiger partial charge >= 0.3 is 0 Å². The minimum atomic E-state index is 0.533. The number of rotatable bonds is 3. The summed E-state index contributed by atoms with van der Waals surface area (Å²) in [5, 5.41) is 18.3. The summed E-state index contributed by atoms with van der Waals surface area (Å²) in [5.41, 5.74) is 3.51. The van der Waals surface area contributed by atoms with Gasteiger partial charge in [0, 0.05) is 11.8 Å². The minimum Gasteiger partial charge on any atom is -0.281 e. The number of nitrogens with zero attached hydrogens (tertiary/aromatic N) is 5. The summed E-state index contributed by atoms with van der Waals surface area (Å²) >= 11 is 6.15. The van der Waals surface area contributed by atoms with E-state index in [4.69, 9.17) is 16.9 Å². The van der Waals surface area contributed by atoms with E-state index in [1.807, 2.05) is 40.8 Å². The van der Waals surface area contributed by atoms with Crippen LogP contribution in [0.5, 0.6) is 0 Å². The summed E-state index contributed by atoms with van der Waals surface area (Å²) in [6, 6.07) is 22.5. The van der Waals surface area contributed by atoms with Crippen LogP contribution in [0.2, 0.25) is 5.02 Å². The smallest absolute Gasteiger partial charge is 0.187 e. The number of azo groups is 1. The number of imidazole rings is 1. The molecule has 0 aliphatic rings. The van der Waals surface area contributed by atoms with Crippen molar-refractivity contribution in [2.45, 2.75) is 0 Å². The van der Waals surface area contributed by atoms with Crippen LogP contribution in [0.25, 0.3) is 16.9 Å². The second kappa shape index (κ2) is 6.79. The molecule has 5 nitrogen and oxygen atoms in total. The van der Waals surface area contributed by atoms with E-state index in [0.717, 1.165) is 11.2 Å². The molecule has 2 aromatic heterocycles. The van der Waals surface area contributed by atoms with Gasteiger partial charge in [-0.3, -0.25) is 4.40 Å². The van der Waals surface area contributed by atoms with Gasteiger partial charge in [0.2, 0.25) is 0 Å². The van der Waals surface area contributed by atoms with Crippen molar-refractivity contribution < 1.29 is 0 Å². The zero-order valence-electron chi connectivity index (χ0n) is 13.5. The summed E-state index contributed by atoms with van der Waals surface area (Å²) in [4.78, 5) is 4.67. The largest absolute Gasteiger partial charge is 0.281 e. The number of pyridine rings is 1. The molecule has 124 valence electrons. The van der Waals surface area contributed by atoms with Crippen LogP contribution >= 0.6 is 11.6 Å². The number of halogens is 1. The Morgan fingerprint density at radius 2 is 1.81 bits per heavy atom. The molecule has 0 spiro atoms. The molecule has 0 amide bonds. The maximum Gasteiger partial charge on any atom is 0.187 e. The van der Waals surface area contributed by atoms with Crippen LogP contribution in [-0.2, 0) is 0 Å². The van der Waals surface area contributed by atoms with E-state index < -0.39 is 0 Å². The molecule has 0 unspecified atom stereocenters. The lowest BCUT2D eigenvalue weighted by molar-refractivity contribution is 1.10. The van der Waals surface area contributed by atoms with Gasteiger partial charge in [-0.05, 0) is 30.3 Å². The molecule has 0 aliphatic carbocycles. The summed E-state index contributed by atoms with van der Waals surface area (Å²) < 4.78 is 1.81. The number of hydrogen-bond acceptors (Lipinski definition) is 4. The van der Waals surface area contributed by atoms with Crippen LogP contribution in [-0.4, -0.2) is 9.38 Å². The zero-order valence-corrected chi connectivity index (χ0v) is 14.3. The highest BCUT2D eigenvalue weighted by Gasteiger charge is 2.14. The third-order valence-electron chi connectivity index (χ3n) is 3.84. The van der Waals surface area contributed by atoms with E-state index in [1.54, 1.807) is 36.5 Å². The maximum absolute atomic E-state index is 9.03. The molecule has 0 atom stereocenters. The topological polar surface area (TPSA) is 65.8 Å². The second-order valence-electron chi connectivity index (χ2n) is 5.59. The predicted molar refractivity (Wildman–Crippen MR) is 101 cm³/mol. The molecule has 0 aliphatic heterocycles. The molecule has 0 fully saturated rings. The predicted octanol–water partition coefficient (Wildman–Crippen LogP) is 5.94. The fraction of sp³-hybridized carbons (Fsp3) is 0. The molecule has 0 bridgehead atoms. The van der Waals surface area contributed by atoms with Gasteiger partial charge in [-0.15, -0.1) is 10.2 Å². The molecule has 6 heteroatoms. The quantitative estimate of drug-likeness (QED) is 0.426. The average molecular weight is 358 g/mol. The third kappa shape index (κ3) is 3.06. The van der Waals surface area contributed by atoms with Gasteiger partial charge in [0.1, 0.15) is 11.3 Å². The van der Waals surface area contributed by atoms with Crippen molar-refractivity contribution in [1.29, 1.82) is 5.26 Å². The number of nitriles is 1. The molecular formula is C20H12ClN5. The molecule has 0 saturated heterocycles. The Balaban J connectivity index is 1.88. The summed E-state index contributed by atoms with van der Waals surface area (Å²) in [6.07, 6.45) is 1.76. The van der Waals surface area contributed by atoms with E-state index >= 15 is 0 Å². The van der Waals surface area contributed by atoms with Gasteiger partial charge in [0.15, 0.2) is 5.82 Å². The van der Waals surface area contributed by atoms with Crippen LogP contribution in [0.4, 0.5) is 11.5 Å². The number of hydrogen-bond donors (Lipinski definition) is 0. The van der Waals surface area contributed by atoms with Crippen LogP contribution in [0.1, 0.15) is 5.56 Å². The van der Waals surface area contributed by atoms with E-state index in [2.05, 4.69) is 21.3 Å². The highest BCUT2D eigenvalue weighted by atomic mass is 35.5. The maximum atomic E-state index is 9.03. The van der Waals surface area contributed by atoms with E-state index in [-0.39, 0.29) is 0 Å². The van der Waals surface area contributed by atoms with Crippen molar-refractivity contribution in [3.63, 3.8) is 0 Å². The second-order valence-corrected chi connectivity index (χ2v) is 6.02. The Hall–Kier alpha value is -3.49. The Labute approximate surface area is 154 Å². The highest BCUT2D eigenvalue weighted by Crippen LogP contribution is 2.33. The first-order chi connectivity index (χ1) is 12.7. The van der Waals surface area contributed by atoms with E-state index in [0.29, 0.717) is 27.8 Å². The van der Waals surface area contributed by atoms with Crippen molar-refractivity contribution in [3.8, 4) is 17.3 Å². The van der Waals surface area contributed by atoms with Gasteiger partial charge in [-0.2, -0.15) is 5.26 Å². The lowest BCUT2D eigenvalue weighted by atomic mass is 10.1. The zero-order chi connectivity index (χ0) is 17.9. The van der Waals surface area contributed by atoms with Gasteiger partial charge < -0.3 is 0 Å². The van der Waals surface area contributed by atoms with Crippen LogP contribution < -0.4 is 0 Å². The molecule has 0 radical (unpaired) electrons. The lowest BCUT2D eigenvalue weighted by Crippen LogP contribution is -1.83. The van der Waals surface area contributed by atoms with E-state index in [9.17, 15) is 0 Å². The Kier molecular flexibility index (Phi) is 4.18. The molecule has 2 heterocycles. The number of fused-ring (bicyclic) bond motifs is 1. The third-order valence-corrected chi connectivity index (χ3v) is 4.06. The molecule has 0 N–H and O–H groups in total. The van der Waals surface area contributed by atoms with Crippen molar-refractivity contribution in [1.82, 2.24) is 9.38 Å². The van der Waals surface area contributed by atoms with Gasteiger partial charge in [-0.1, -0.05) is 48.0 Å². The molecule has 4 rings (SSSR count). The van der Waals surface area contributed by atoms with Crippen molar-refractivity contribution in [2.75, 3.05) is 0 Å². The number of benzene rings is 2. The Morgan fingerprint density at radius 1 is 0.962 bits per heavy atom. The molecule has 2 aromatic carbocycles. The fourth-order valence-corrected chi connectivity index (χ4v) is 2.79. The molecule has 26 heavy (non-hydrogen) atoms. The van der Waals surface area contributed by atoms with Crippen molar-refractivity contribution >= 4 is 28.8 Å². The average Bonchev–Trinajstić information content (AvgIpc) is 3.05. The summed E-state index contributed by atoms with van der Waals surface area (Å²) in [6.45, 7) is 0. The first-order valence-corrected chi connectivity index (χ1v) is 8.27. The first-order valence-electron chi connectivity index (χ1n) is 7.89. The van der Waals surface area contributed by atoms with Gasteiger partial charge in [-0.25, -0.2) is 4.98 Å². The minimum absolute atomic E-state index is 0.533. The van der Waals surface area contributed by atoms with Gasteiger partial charge in [0.05, 0.1) is 22.3 Å². The van der Waals surface area contributed by atoms with E-state index in [1.165, 1.54) is 0 Å². The fourth-order valence-electron chi connectivity index (χ4n) is 2.63. The molecule has 0 saturated carbocycles. The molecule has 4 aromatic rings. The normalized spacial score (nSPS) is 11.1. The lowest BCUT2D eigenvalue weighted by Gasteiger charge is -2.00. The monoisotopic (exact) mass is 357 g/mol. The van der Waals surface area contributed by atoms with Gasteiger partial charge in [0.25, 0.3) is 0 Å². The SMILES string of the molecule is N#Cc1cccc(N=Nc2c(-c3ccccc3)nc3ccc(Cl)cn23)c1. The Bertz CT molecular complexity index is 1160. The van der Waals surface area contributed by atoms with Crippen molar-refractivity contribution in [3.05, 3.63) is 83.5 Å². The standard InChI is InChI=1S/C20H12ClN5/c21-16-9-10-18-23-19(15-6-2-1-3-7-15)20(26(18)13-16)25-24-17-8-4-5-14(11-17)12-22/h1-11,13H. The molecular weight excluding hydrogens is 346 g/mol. The number of aromatic nitrogens is 2. The Morgan fingerprint density at radius 3 is 2.62 bits per heavy atom. The van der Waals surface area contributed by atoms with Crippen LogP contribution in [0.3, 0.4) is 0 Å². The summed E-state index contributed by atoms with van der Waals surface area (Å²) in [7, 11) is 0.